The quantitative estimate of drug-likeness (QED) is 0.798. The number of hydrogen-bond donors (Lipinski definition) is 1. The van der Waals surface area contributed by atoms with Gasteiger partial charge in [0, 0.05) is 0 Å². The van der Waals surface area contributed by atoms with Crippen molar-refractivity contribution in [2.45, 2.75) is 6.92 Å². The molecular weight excluding hydrogens is 194 g/mol. The van der Waals surface area contributed by atoms with E-state index in [-0.39, 0.29) is 5.56 Å². The Labute approximate surface area is 86.0 Å². The van der Waals surface area contributed by atoms with E-state index in [0.29, 0.717) is 5.69 Å². The molecule has 5 nitrogen and oxygen atoms in total. The summed E-state index contributed by atoms with van der Waals surface area (Å²) < 4.78 is 0. The summed E-state index contributed by atoms with van der Waals surface area (Å²) >= 11 is 0. The van der Waals surface area contributed by atoms with Crippen LogP contribution in [0.5, 0.6) is 0 Å². The van der Waals surface area contributed by atoms with Crippen LogP contribution >= 0.6 is 0 Å². The van der Waals surface area contributed by atoms with E-state index < -0.39 is 5.97 Å². The minimum absolute atomic E-state index is 0.230. The summed E-state index contributed by atoms with van der Waals surface area (Å²) in [7, 11) is 0. The van der Waals surface area contributed by atoms with Crippen LogP contribution in [0.25, 0.3) is 5.69 Å². The molecular formula is C10H9N3O2. The Kier molecular flexibility index (Phi) is 2.21. The first-order valence-corrected chi connectivity index (χ1v) is 4.39. The predicted octanol–water partition coefficient (Wildman–Crippen LogP) is 1.27. The number of carbonyl (C=O) groups is 1. The number of nitrogens with zero attached hydrogens (tertiary/aromatic N) is 3. The molecule has 0 saturated heterocycles. The van der Waals surface area contributed by atoms with Crippen molar-refractivity contribution in [2.24, 2.45) is 0 Å². The van der Waals surface area contributed by atoms with E-state index in [0.717, 1.165) is 5.56 Å². The Hall–Kier alpha value is -2.17. The van der Waals surface area contributed by atoms with E-state index in [2.05, 4.69) is 10.2 Å². The molecule has 0 radical (unpaired) electrons. The van der Waals surface area contributed by atoms with Crippen LogP contribution in [-0.4, -0.2) is 26.1 Å². The van der Waals surface area contributed by atoms with Crippen molar-refractivity contribution in [1.29, 1.82) is 0 Å². The minimum atomic E-state index is -0.955. The number of aryl methyl sites for hydroxylation is 1. The molecule has 0 aliphatic carbocycles. The van der Waals surface area contributed by atoms with Crippen LogP contribution in [0.15, 0.2) is 30.6 Å². The molecule has 0 aliphatic heterocycles. The van der Waals surface area contributed by atoms with E-state index in [1.54, 1.807) is 30.6 Å². The van der Waals surface area contributed by atoms with E-state index in [1.807, 2.05) is 6.92 Å². The zero-order chi connectivity index (χ0) is 10.8. The fraction of sp³-hybridized carbons (Fsp3) is 0.100. The van der Waals surface area contributed by atoms with Gasteiger partial charge in [0.1, 0.15) is 0 Å². The zero-order valence-electron chi connectivity index (χ0n) is 8.08. The normalized spacial score (nSPS) is 10.2. The lowest BCUT2D eigenvalue weighted by atomic mass is 10.1. The van der Waals surface area contributed by atoms with Crippen molar-refractivity contribution in [1.82, 2.24) is 15.0 Å². The van der Waals surface area contributed by atoms with Crippen molar-refractivity contribution < 1.29 is 9.90 Å². The Morgan fingerprint density at radius 3 is 2.60 bits per heavy atom. The number of carboxylic acid groups (broad SMARTS) is 1. The van der Waals surface area contributed by atoms with Crippen molar-refractivity contribution in [3.05, 3.63) is 41.7 Å². The molecule has 15 heavy (non-hydrogen) atoms. The first-order valence-electron chi connectivity index (χ1n) is 4.39. The van der Waals surface area contributed by atoms with E-state index >= 15 is 0 Å². The van der Waals surface area contributed by atoms with Crippen LogP contribution in [-0.2, 0) is 0 Å². The molecule has 5 heteroatoms. The fourth-order valence-electron chi connectivity index (χ4n) is 1.30. The number of aromatic carboxylic acids is 1. The Bertz CT molecular complexity index is 491. The average Bonchev–Trinajstić information content (AvgIpc) is 2.71. The minimum Gasteiger partial charge on any atom is -0.478 e. The number of aromatic nitrogens is 3. The molecule has 0 amide bonds. The SMILES string of the molecule is Cc1ccc(C(=O)O)cc1-n1nccn1. The molecule has 1 heterocycles. The lowest BCUT2D eigenvalue weighted by Crippen LogP contribution is -2.04. The molecule has 0 atom stereocenters. The summed E-state index contributed by atoms with van der Waals surface area (Å²) in [5.74, 6) is -0.955. The molecule has 0 fully saturated rings. The van der Waals surface area contributed by atoms with Crippen molar-refractivity contribution in [2.75, 3.05) is 0 Å². The van der Waals surface area contributed by atoms with Gasteiger partial charge in [-0.15, -0.1) is 0 Å². The van der Waals surface area contributed by atoms with Gasteiger partial charge in [0.15, 0.2) is 0 Å². The summed E-state index contributed by atoms with van der Waals surface area (Å²) in [4.78, 5) is 12.2. The second-order valence-electron chi connectivity index (χ2n) is 3.12. The Balaban J connectivity index is 2.55. The van der Waals surface area contributed by atoms with E-state index in [9.17, 15) is 4.79 Å². The fourth-order valence-corrected chi connectivity index (χ4v) is 1.30. The van der Waals surface area contributed by atoms with Crippen molar-refractivity contribution >= 4 is 5.97 Å². The van der Waals surface area contributed by atoms with Crippen LogP contribution in [0.3, 0.4) is 0 Å². The largest absolute Gasteiger partial charge is 0.478 e. The Morgan fingerprint density at radius 2 is 2.00 bits per heavy atom. The third-order valence-electron chi connectivity index (χ3n) is 2.09. The number of benzene rings is 1. The first-order chi connectivity index (χ1) is 7.18. The molecule has 1 aromatic heterocycles. The van der Waals surface area contributed by atoms with Gasteiger partial charge in [-0.3, -0.25) is 0 Å². The van der Waals surface area contributed by atoms with Gasteiger partial charge in [0.05, 0.1) is 23.6 Å². The molecule has 0 saturated carbocycles. The smallest absolute Gasteiger partial charge is 0.335 e. The second-order valence-corrected chi connectivity index (χ2v) is 3.12. The van der Waals surface area contributed by atoms with Crippen LogP contribution < -0.4 is 0 Å². The average molecular weight is 203 g/mol. The van der Waals surface area contributed by atoms with Crippen molar-refractivity contribution in [3.8, 4) is 5.69 Å². The molecule has 76 valence electrons. The molecule has 2 aromatic rings. The van der Waals surface area contributed by atoms with Gasteiger partial charge in [0.25, 0.3) is 0 Å². The van der Waals surface area contributed by atoms with E-state index in [4.69, 9.17) is 5.11 Å². The van der Waals surface area contributed by atoms with Gasteiger partial charge in [-0.05, 0) is 24.6 Å². The summed E-state index contributed by atoms with van der Waals surface area (Å²) in [6.07, 6.45) is 3.10. The molecule has 1 aromatic carbocycles. The van der Waals surface area contributed by atoms with Gasteiger partial charge in [-0.25, -0.2) is 4.79 Å². The Morgan fingerprint density at radius 1 is 1.33 bits per heavy atom. The maximum absolute atomic E-state index is 10.8. The summed E-state index contributed by atoms with van der Waals surface area (Å²) in [5, 5.41) is 16.8. The molecule has 1 N–H and O–H groups in total. The van der Waals surface area contributed by atoms with E-state index in [1.165, 1.54) is 4.80 Å². The molecule has 0 bridgehead atoms. The second kappa shape index (κ2) is 3.53. The standard InChI is InChI=1S/C10H9N3O2/c1-7-2-3-8(10(14)15)6-9(7)13-11-4-5-12-13/h2-6H,1H3,(H,14,15). The summed E-state index contributed by atoms with van der Waals surface area (Å²) in [5.41, 5.74) is 1.84. The lowest BCUT2D eigenvalue weighted by Gasteiger charge is -2.05. The highest BCUT2D eigenvalue weighted by Gasteiger charge is 2.08. The zero-order valence-corrected chi connectivity index (χ0v) is 8.08. The third kappa shape index (κ3) is 1.71. The van der Waals surface area contributed by atoms with Crippen LogP contribution in [0.4, 0.5) is 0 Å². The number of carboxylic acids is 1. The first kappa shape index (κ1) is 9.39. The molecule has 0 unspecified atom stereocenters. The van der Waals surface area contributed by atoms with Gasteiger partial charge in [-0.2, -0.15) is 15.0 Å². The summed E-state index contributed by atoms with van der Waals surface area (Å²) in [6, 6.07) is 4.85. The maximum Gasteiger partial charge on any atom is 0.335 e. The highest BCUT2D eigenvalue weighted by atomic mass is 16.4. The van der Waals surface area contributed by atoms with Gasteiger partial charge in [-0.1, -0.05) is 6.07 Å². The third-order valence-corrected chi connectivity index (χ3v) is 2.09. The lowest BCUT2D eigenvalue weighted by molar-refractivity contribution is 0.0697. The van der Waals surface area contributed by atoms with Crippen LogP contribution in [0, 0.1) is 6.92 Å². The van der Waals surface area contributed by atoms with Gasteiger partial charge in [0.2, 0.25) is 0 Å². The number of hydrogen-bond acceptors (Lipinski definition) is 3. The monoisotopic (exact) mass is 203 g/mol. The van der Waals surface area contributed by atoms with Gasteiger partial charge >= 0.3 is 5.97 Å². The van der Waals surface area contributed by atoms with Crippen LogP contribution in [0.2, 0.25) is 0 Å². The van der Waals surface area contributed by atoms with Crippen LogP contribution in [0.1, 0.15) is 15.9 Å². The van der Waals surface area contributed by atoms with Gasteiger partial charge < -0.3 is 5.11 Å². The highest BCUT2D eigenvalue weighted by molar-refractivity contribution is 5.88. The molecule has 0 aliphatic rings. The maximum atomic E-state index is 10.8. The molecule has 0 spiro atoms. The number of rotatable bonds is 2. The topological polar surface area (TPSA) is 68.0 Å². The van der Waals surface area contributed by atoms with Crippen molar-refractivity contribution in [3.63, 3.8) is 0 Å². The predicted molar refractivity (Wildman–Crippen MR) is 53.1 cm³/mol. The highest BCUT2D eigenvalue weighted by Crippen LogP contribution is 2.14. The molecule has 2 rings (SSSR count). The summed E-state index contributed by atoms with van der Waals surface area (Å²) in [6.45, 7) is 1.88.